The number of hydrogen-bond donors (Lipinski definition) is 0. The number of para-hydroxylation sites is 1. The predicted octanol–water partition coefficient (Wildman–Crippen LogP) is 3.55. The quantitative estimate of drug-likeness (QED) is 0.781. The summed E-state index contributed by atoms with van der Waals surface area (Å²) >= 11 is 1.45. The Morgan fingerprint density at radius 3 is 2.79 bits per heavy atom. The van der Waals surface area contributed by atoms with Crippen molar-refractivity contribution >= 4 is 28.9 Å². The molecule has 1 fully saturated rings. The second-order valence-corrected chi connectivity index (χ2v) is 6.68. The Balaban J connectivity index is 1.82. The van der Waals surface area contributed by atoms with Crippen LogP contribution >= 0.6 is 11.8 Å². The van der Waals surface area contributed by atoms with Crippen LogP contribution in [-0.2, 0) is 4.79 Å². The highest BCUT2D eigenvalue weighted by molar-refractivity contribution is 8.18. The summed E-state index contributed by atoms with van der Waals surface area (Å²) in [5, 5.41) is 0.825. The van der Waals surface area contributed by atoms with Crippen molar-refractivity contribution < 1.29 is 14.3 Å². The smallest absolute Gasteiger partial charge is 0.286 e. The van der Waals surface area contributed by atoms with Crippen molar-refractivity contribution in [1.82, 2.24) is 4.90 Å². The largest absolute Gasteiger partial charge is 0.492 e. The molecule has 6 heteroatoms. The average Bonchev–Trinajstić information content (AvgIpc) is 2.97. The first-order valence-electron chi connectivity index (χ1n) is 8.30. The molecule has 0 N–H and O–H groups in total. The van der Waals surface area contributed by atoms with Gasteiger partial charge in [0.25, 0.3) is 5.91 Å². The van der Waals surface area contributed by atoms with E-state index in [0.717, 1.165) is 36.7 Å². The van der Waals surface area contributed by atoms with E-state index in [1.165, 1.54) is 18.2 Å². The van der Waals surface area contributed by atoms with Gasteiger partial charge in [0.05, 0.1) is 18.6 Å². The maximum absolute atomic E-state index is 12.3. The van der Waals surface area contributed by atoms with E-state index >= 15 is 0 Å². The minimum Gasteiger partial charge on any atom is -0.492 e. The number of methoxy groups -OCH3 is 1. The summed E-state index contributed by atoms with van der Waals surface area (Å²) < 4.78 is 11.1. The maximum Gasteiger partial charge on any atom is 0.286 e. The number of likely N-dealkylation sites (tertiary alicyclic amines) is 1. The molecule has 128 valence electrons. The van der Waals surface area contributed by atoms with Crippen LogP contribution in [0.1, 0.15) is 31.7 Å². The van der Waals surface area contributed by atoms with E-state index in [9.17, 15) is 4.79 Å². The molecule has 3 rings (SSSR count). The highest BCUT2D eigenvalue weighted by Gasteiger charge is 2.27. The Bertz CT molecular complexity index is 679. The van der Waals surface area contributed by atoms with Gasteiger partial charge in [-0.25, -0.2) is 0 Å². The maximum atomic E-state index is 12.3. The molecule has 1 saturated heterocycles. The first-order valence-corrected chi connectivity index (χ1v) is 9.12. The van der Waals surface area contributed by atoms with Crippen LogP contribution < -0.4 is 9.47 Å². The second kappa shape index (κ2) is 7.75. The Kier molecular flexibility index (Phi) is 5.45. The molecule has 0 aromatic heterocycles. The third-order valence-corrected chi connectivity index (χ3v) is 5.08. The second-order valence-electron chi connectivity index (χ2n) is 5.67. The van der Waals surface area contributed by atoms with Crippen LogP contribution in [0, 0.1) is 0 Å². The summed E-state index contributed by atoms with van der Waals surface area (Å²) in [4.78, 5) is 19.3. The van der Waals surface area contributed by atoms with Gasteiger partial charge in [0.15, 0.2) is 16.7 Å². The zero-order valence-corrected chi connectivity index (χ0v) is 14.9. The van der Waals surface area contributed by atoms with Gasteiger partial charge in [0, 0.05) is 18.7 Å². The molecule has 2 aliphatic rings. The number of amides is 1. The van der Waals surface area contributed by atoms with Crippen LogP contribution in [-0.4, -0.2) is 42.8 Å². The molecular weight excluding hydrogens is 324 g/mol. The van der Waals surface area contributed by atoms with Crippen molar-refractivity contribution in [3.8, 4) is 11.5 Å². The van der Waals surface area contributed by atoms with Crippen LogP contribution in [0.4, 0.5) is 0 Å². The van der Waals surface area contributed by atoms with E-state index in [1.807, 2.05) is 31.2 Å². The standard InChI is InChI=1S/C18H22N2O3S/c1-3-23-14-9-7-8-13(16(14)22-2)12-15-17(21)19-18(24-15)20-10-5-4-6-11-20/h7-9,12H,3-6,10-11H2,1-2H3/b15-12-. The normalized spacial score (nSPS) is 19.6. The first-order chi connectivity index (χ1) is 11.7. The number of thioether (sulfide) groups is 1. The fraction of sp³-hybridized carbons (Fsp3) is 0.444. The van der Waals surface area contributed by atoms with Crippen molar-refractivity contribution in [3.05, 3.63) is 28.7 Å². The van der Waals surface area contributed by atoms with Gasteiger partial charge in [-0.1, -0.05) is 12.1 Å². The lowest BCUT2D eigenvalue weighted by molar-refractivity contribution is -0.113. The minimum absolute atomic E-state index is 0.176. The number of amidine groups is 1. The third-order valence-electron chi connectivity index (χ3n) is 4.04. The molecule has 0 radical (unpaired) electrons. The molecule has 0 unspecified atom stereocenters. The molecule has 1 aromatic rings. The molecule has 0 bridgehead atoms. The molecular formula is C18H22N2O3S. The summed E-state index contributed by atoms with van der Waals surface area (Å²) in [5.74, 6) is 1.15. The summed E-state index contributed by atoms with van der Waals surface area (Å²) in [7, 11) is 1.61. The molecule has 0 saturated carbocycles. The number of hydrogen-bond acceptors (Lipinski definition) is 5. The monoisotopic (exact) mass is 346 g/mol. The van der Waals surface area contributed by atoms with Crippen molar-refractivity contribution in [2.75, 3.05) is 26.8 Å². The number of rotatable bonds is 4. The molecule has 0 atom stereocenters. The lowest BCUT2D eigenvalue weighted by atomic mass is 10.1. The average molecular weight is 346 g/mol. The van der Waals surface area contributed by atoms with Gasteiger partial charge in [-0.2, -0.15) is 4.99 Å². The van der Waals surface area contributed by atoms with Gasteiger partial charge in [-0.05, 0) is 50.1 Å². The van der Waals surface area contributed by atoms with Gasteiger partial charge in [0.1, 0.15) is 0 Å². The van der Waals surface area contributed by atoms with E-state index < -0.39 is 0 Å². The SMILES string of the molecule is CCOc1cccc(/C=C2\SC(N3CCCCC3)=NC2=O)c1OC. The van der Waals surface area contributed by atoms with E-state index in [4.69, 9.17) is 9.47 Å². The minimum atomic E-state index is -0.176. The van der Waals surface area contributed by atoms with E-state index in [0.29, 0.717) is 23.0 Å². The number of carbonyl (C=O) groups excluding carboxylic acids is 1. The molecule has 1 amide bonds. The fourth-order valence-electron chi connectivity index (χ4n) is 2.89. The first kappa shape index (κ1) is 16.9. The number of nitrogens with zero attached hydrogens (tertiary/aromatic N) is 2. The summed E-state index contributed by atoms with van der Waals surface area (Å²) in [6.07, 6.45) is 5.43. The summed E-state index contributed by atoms with van der Waals surface area (Å²) in [6, 6.07) is 5.68. The summed E-state index contributed by atoms with van der Waals surface area (Å²) in [6.45, 7) is 4.46. The highest BCUT2D eigenvalue weighted by Crippen LogP contribution is 2.36. The number of piperidine rings is 1. The van der Waals surface area contributed by atoms with Crippen molar-refractivity contribution in [2.24, 2.45) is 4.99 Å². The Morgan fingerprint density at radius 1 is 1.29 bits per heavy atom. The van der Waals surface area contributed by atoms with Crippen molar-refractivity contribution in [2.45, 2.75) is 26.2 Å². The molecule has 1 aromatic carbocycles. The lowest BCUT2D eigenvalue weighted by Crippen LogP contribution is -2.33. The summed E-state index contributed by atoms with van der Waals surface area (Å²) in [5.41, 5.74) is 0.828. The van der Waals surface area contributed by atoms with E-state index in [-0.39, 0.29) is 5.91 Å². The number of ether oxygens (including phenoxy) is 2. The lowest BCUT2D eigenvalue weighted by Gasteiger charge is -2.27. The number of carbonyl (C=O) groups is 1. The molecule has 0 aliphatic carbocycles. The van der Waals surface area contributed by atoms with Crippen LogP contribution in [0.3, 0.4) is 0 Å². The molecule has 2 aliphatic heterocycles. The van der Waals surface area contributed by atoms with Crippen LogP contribution in [0.15, 0.2) is 28.1 Å². The molecule has 24 heavy (non-hydrogen) atoms. The van der Waals surface area contributed by atoms with E-state index in [1.54, 1.807) is 7.11 Å². The predicted molar refractivity (Wildman–Crippen MR) is 97.6 cm³/mol. The van der Waals surface area contributed by atoms with Gasteiger partial charge in [-0.15, -0.1) is 0 Å². The van der Waals surface area contributed by atoms with Crippen LogP contribution in [0.5, 0.6) is 11.5 Å². The topological polar surface area (TPSA) is 51.1 Å². The number of benzene rings is 1. The zero-order valence-electron chi connectivity index (χ0n) is 14.1. The molecule has 2 heterocycles. The molecule has 0 spiro atoms. The van der Waals surface area contributed by atoms with Crippen molar-refractivity contribution in [3.63, 3.8) is 0 Å². The highest BCUT2D eigenvalue weighted by atomic mass is 32.2. The van der Waals surface area contributed by atoms with Crippen molar-refractivity contribution in [1.29, 1.82) is 0 Å². The number of aliphatic imine (C=N–C) groups is 1. The third kappa shape index (κ3) is 3.59. The fourth-order valence-corrected chi connectivity index (χ4v) is 3.85. The van der Waals surface area contributed by atoms with Gasteiger partial charge in [0.2, 0.25) is 0 Å². The molecule has 5 nitrogen and oxygen atoms in total. The van der Waals surface area contributed by atoms with Gasteiger partial charge in [-0.3, -0.25) is 4.79 Å². The van der Waals surface area contributed by atoms with Gasteiger partial charge >= 0.3 is 0 Å². The zero-order chi connectivity index (χ0) is 16.9. The van der Waals surface area contributed by atoms with E-state index in [2.05, 4.69) is 9.89 Å². The van der Waals surface area contributed by atoms with Crippen LogP contribution in [0.2, 0.25) is 0 Å². The Labute approximate surface area is 146 Å². The van der Waals surface area contributed by atoms with Crippen LogP contribution in [0.25, 0.3) is 6.08 Å². The Morgan fingerprint density at radius 2 is 2.08 bits per heavy atom. The Hall–Kier alpha value is -1.95. The van der Waals surface area contributed by atoms with Gasteiger partial charge < -0.3 is 14.4 Å².